The quantitative estimate of drug-likeness (QED) is 0.291. The maximum atomic E-state index is 13.9. The van der Waals surface area contributed by atoms with Crippen LogP contribution in [0.5, 0.6) is 11.5 Å². The monoisotopic (exact) mass is 579 g/mol. The third-order valence-corrected chi connectivity index (χ3v) is 8.18. The number of ether oxygens (including phenoxy) is 1. The van der Waals surface area contributed by atoms with E-state index < -0.39 is 64.1 Å². The average Bonchev–Trinajstić information content (AvgIpc) is 2.91. The number of hydrogen-bond donors (Lipinski definition) is 6. The zero-order valence-electron chi connectivity index (χ0n) is 22.5. The molecule has 5 rings (SSSR count). The highest BCUT2D eigenvalue weighted by molar-refractivity contribution is 6.24. The first-order valence-corrected chi connectivity index (χ1v) is 12.8. The number of aromatic hydroxyl groups is 1. The summed E-state index contributed by atoms with van der Waals surface area (Å²) < 4.78 is 5.13. The van der Waals surface area contributed by atoms with Crippen molar-refractivity contribution in [1.29, 1.82) is 0 Å². The number of likely N-dealkylation sites (N-methyl/N-ethyl adjacent to an activating group) is 1. The summed E-state index contributed by atoms with van der Waals surface area (Å²) in [6, 6.07) is 8.41. The summed E-state index contributed by atoms with van der Waals surface area (Å²) >= 11 is 0. The number of phenols is 1. The number of aliphatic hydroxyl groups is 3. The summed E-state index contributed by atoms with van der Waals surface area (Å²) in [5.74, 6) is -6.75. The van der Waals surface area contributed by atoms with Crippen LogP contribution in [0.25, 0.3) is 16.9 Å². The van der Waals surface area contributed by atoms with Crippen molar-refractivity contribution in [3.63, 3.8) is 0 Å². The maximum absolute atomic E-state index is 13.9. The van der Waals surface area contributed by atoms with Crippen molar-refractivity contribution in [3.8, 4) is 22.6 Å². The second-order valence-corrected chi connectivity index (χ2v) is 10.6. The molecule has 3 aliphatic rings. The van der Waals surface area contributed by atoms with E-state index in [-0.39, 0.29) is 37.2 Å². The number of carbonyl (C=O) groups is 4. The molecular weight excluding hydrogens is 546 g/mol. The van der Waals surface area contributed by atoms with Crippen LogP contribution in [0.3, 0.4) is 0 Å². The summed E-state index contributed by atoms with van der Waals surface area (Å²) in [5, 5.41) is 47.1. The fraction of sp³-hybridized carbons (Fsp3) is 0.333. The number of amides is 2. The van der Waals surface area contributed by atoms with Crippen molar-refractivity contribution < 1.29 is 44.3 Å². The Balaban J connectivity index is 0.00000405. The van der Waals surface area contributed by atoms with Crippen LogP contribution in [0.1, 0.15) is 25.0 Å². The molecule has 0 heterocycles. The number of phenolic OH excluding ortho intramolecular Hbond substituents is 1. The Hall–Kier alpha value is -4.68. The minimum absolute atomic E-state index is 0. The van der Waals surface area contributed by atoms with Crippen molar-refractivity contribution in [3.05, 3.63) is 64.4 Å². The lowest BCUT2D eigenvalue weighted by Gasteiger charge is -2.50. The van der Waals surface area contributed by atoms with Gasteiger partial charge in [0.1, 0.15) is 28.6 Å². The predicted octanol–water partition coefficient (Wildman–Crippen LogP) is 1.99. The van der Waals surface area contributed by atoms with Crippen molar-refractivity contribution in [1.82, 2.24) is 10.2 Å². The predicted molar refractivity (Wildman–Crippen MR) is 151 cm³/mol. The summed E-state index contributed by atoms with van der Waals surface area (Å²) in [7, 11) is 4.52. The van der Waals surface area contributed by atoms with Gasteiger partial charge in [-0.2, -0.15) is 0 Å². The van der Waals surface area contributed by atoms with Crippen LogP contribution in [-0.4, -0.2) is 81.7 Å². The molecule has 0 radical (unpaired) electrons. The summed E-state index contributed by atoms with van der Waals surface area (Å²) in [5.41, 5.74) is 3.39. The molecule has 0 spiro atoms. The molecule has 0 unspecified atom stereocenters. The standard InChI is InChI=1S/C29H29N3O9.CH4/c1-31-28(39)41-14-6-4-12(5-7-14)15-8-9-18(33)20-16(15)10-13-11-17-22(32(2)3)24(35)21(27(30)38)26(37)29(17,40)25(36)19(13)23(20)34;/h4-9,13,17,22,33-34,37,40H,10-11H2,1-3H3,(H2,30,38)(H,31,39);1H4/t13-,17-,22-,29-;/m0./s1. The molecule has 2 aromatic carbocycles. The van der Waals surface area contributed by atoms with Gasteiger partial charge >= 0.3 is 6.09 Å². The summed E-state index contributed by atoms with van der Waals surface area (Å²) in [4.78, 5) is 52.3. The molecular formula is C30H33N3O9. The molecule has 12 heteroatoms. The molecule has 222 valence electrons. The van der Waals surface area contributed by atoms with Gasteiger partial charge in [-0.15, -0.1) is 0 Å². The van der Waals surface area contributed by atoms with Gasteiger partial charge < -0.3 is 36.2 Å². The Morgan fingerprint density at radius 3 is 2.29 bits per heavy atom. The van der Waals surface area contributed by atoms with Crippen LogP contribution >= 0.6 is 0 Å². The van der Waals surface area contributed by atoms with E-state index in [4.69, 9.17) is 10.5 Å². The third kappa shape index (κ3) is 4.30. The van der Waals surface area contributed by atoms with Gasteiger partial charge in [0.15, 0.2) is 11.4 Å². The summed E-state index contributed by atoms with van der Waals surface area (Å²) in [6.45, 7) is 0. The Morgan fingerprint density at radius 1 is 1.07 bits per heavy atom. The first-order valence-electron chi connectivity index (χ1n) is 12.8. The number of nitrogens with two attached hydrogens (primary N) is 1. The van der Waals surface area contributed by atoms with E-state index in [1.165, 1.54) is 18.0 Å². The minimum Gasteiger partial charge on any atom is -0.508 e. The first kappa shape index (κ1) is 30.3. The lowest BCUT2D eigenvalue weighted by Crippen LogP contribution is -2.65. The molecule has 0 aliphatic heterocycles. The number of ketones is 2. The highest BCUT2D eigenvalue weighted by Crippen LogP contribution is 2.53. The van der Waals surface area contributed by atoms with Gasteiger partial charge in [0.2, 0.25) is 5.78 Å². The molecule has 7 N–H and O–H groups in total. The van der Waals surface area contributed by atoms with E-state index in [1.807, 2.05) is 0 Å². The Bertz CT molecular complexity index is 1570. The smallest absolute Gasteiger partial charge is 0.412 e. The minimum atomic E-state index is -2.70. The molecule has 42 heavy (non-hydrogen) atoms. The van der Waals surface area contributed by atoms with Gasteiger partial charge in [-0.3, -0.25) is 19.3 Å². The first-order chi connectivity index (χ1) is 19.3. The molecule has 0 bridgehead atoms. The number of carbonyl (C=O) groups excluding carboxylic acids is 4. The highest BCUT2D eigenvalue weighted by Gasteiger charge is 2.64. The van der Waals surface area contributed by atoms with Gasteiger partial charge in [0, 0.05) is 18.5 Å². The van der Waals surface area contributed by atoms with E-state index in [1.54, 1.807) is 44.4 Å². The van der Waals surface area contributed by atoms with Crippen molar-refractivity contribution in [2.45, 2.75) is 31.9 Å². The Morgan fingerprint density at radius 2 is 1.71 bits per heavy atom. The van der Waals surface area contributed by atoms with Crippen molar-refractivity contribution >= 4 is 29.3 Å². The number of rotatable bonds is 4. The molecule has 0 saturated heterocycles. The molecule has 4 atom stereocenters. The zero-order chi connectivity index (χ0) is 30.0. The van der Waals surface area contributed by atoms with Gasteiger partial charge in [0.25, 0.3) is 5.91 Å². The molecule has 0 aromatic heterocycles. The number of nitrogens with zero attached hydrogens (tertiary/aromatic N) is 1. The normalized spacial score (nSPS) is 24.8. The molecule has 12 nitrogen and oxygen atoms in total. The van der Waals surface area contributed by atoms with Crippen molar-refractivity contribution in [2.24, 2.45) is 17.6 Å². The Kier molecular flexibility index (Phi) is 7.66. The fourth-order valence-corrected chi connectivity index (χ4v) is 6.38. The number of nitrogens with one attached hydrogen (secondary N) is 1. The van der Waals surface area contributed by atoms with Gasteiger partial charge in [-0.25, -0.2) is 4.79 Å². The number of primary amides is 1. The van der Waals surface area contributed by atoms with Crippen LogP contribution in [0.2, 0.25) is 0 Å². The molecule has 1 fully saturated rings. The third-order valence-electron chi connectivity index (χ3n) is 8.18. The number of fused-ring (bicyclic) bond motifs is 3. The number of aliphatic hydroxyl groups excluding tert-OH is 2. The van der Waals surface area contributed by atoms with E-state index in [0.717, 1.165) is 0 Å². The molecule has 1 saturated carbocycles. The second-order valence-electron chi connectivity index (χ2n) is 10.6. The van der Waals surface area contributed by atoms with Crippen LogP contribution in [0.4, 0.5) is 4.79 Å². The number of benzene rings is 2. The molecule has 2 aromatic rings. The fourth-order valence-electron chi connectivity index (χ4n) is 6.38. The van der Waals surface area contributed by atoms with E-state index in [2.05, 4.69) is 5.32 Å². The lowest BCUT2D eigenvalue weighted by atomic mass is 9.57. The van der Waals surface area contributed by atoms with Crippen LogP contribution < -0.4 is 15.8 Å². The molecule has 2 amide bonds. The van der Waals surface area contributed by atoms with Crippen LogP contribution in [0, 0.1) is 11.8 Å². The van der Waals surface area contributed by atoms with Crippen LogP contribution in [0.15, 0.2) is 53.3 Å². The summed E-state index contributed by atoms with van der Waals surface area (Å²) in [6.07, 6.45) is -0.500. The average molecular weight is 580 g/mol. The SMILES string of the molecule is C.CNC(=O)Oc1ccc(-c2ccc(O)c3c2C[C@H]2C[C@H]4[C@H](N(C)C)C(=O)C(C(N)=O)=C(O)[C@@]4(O)C(=O)C2=C3O)cc1. The highest BCUT2D eigenvalue weighted by atomic mass is 16.5. The topological polar surface area (TPSA) is 200 Å². The molecule has 3 aliphatic carbocycles. The van der Waals surface area contributed by atoms with Gasteiger partial charge in [-0.05, 0) is 67.7 Å². The van der Waals surface area contributed by atoms with Crippen molar-refractivity contribution in [2.75, 3.05) is 21.1 Å². The Labute approximate surface area is 241 Å². The van der Waals surface area contributed by atoms with E-state index in [9.17, 15) is 39.6 Å². The van der Waals surface area contributed by atoms with E-state index in [0.29, 0.717) is 22.4 Å². The zero-order valence-corrected chi connectivity index (χ0v) is 22.5. The number of Topliss-reactive ketones (excluding diaryl/α,β-unsaturated/α-hetero) is 2. The second kappa shape index (κ2) is 10.6. The number of hydrogen-bond acceptors (Lipinski definition) is 10. The largest absolute Gasteiger partial charge is 0.508 e. The maximum Gasteiger partial charge on any atom is 0.412 e. The lowest BCUT2D eigenvalue weighted by molar-refractivity contribution is -0.153. The van der Waals surface area contributed by atoms with Crippen LogP contribution in [-0.2, 0) is 20.8 Å². The van der Waals surface area contributed by atoms with Gasteiger partial charge in [0.05, 0.1) is 11.6 Å². The van der Waals surface area contributed by atoms with E-state index >= 15 is 0 Å². The van der Waals surface area contributed by atoms with Gasteiger partial charge in [-0.1, -0.05) is 25.6 Å².